The van der Waals surface area contributed by atoms with Gasteiger partial charge in [0, 0.05) is 10.5 Å². The van der Waals surface area contributed by atoms with Crippen LogP contribution in [-0.2, 0) is 0 Å². The Labute approximate surface area is 133 Å². The third-order valence-electron chi connectivity index (χ3n) is 3.81. The van der Waals surface area contributed by atoms with Crippen LogP contribution in [0.2, 0.25) is 0 Å². The summed E-state index contributed by atoms with van der Waals surface area (Å²) in [7, 11) is 0. The Hall–Kier alpha value is -2.90. The summed E-state index contributed by atoms with van der Waals surface area (Å²) < 4.78 is 0. The zero-order valence-electron chi connectivity index (χ0n) is 12.8. The first kappa shape index (κ1) is 16.5. The van der Waals surface area contributed by atoms with Crippen LogP contribution in [0.3, 0.4) is 0 Å². The van der Waals surface area contributed by atoms with E-state index >= 15 is 0 Å². The van der Waals surface area contributed by atoms with Crippen molar-refractivity contribution in [1.29, 1.82) is 0 Å². The molecule has 0 saturated heterocycles. The first-order chi connectivity index (χ1) is 10.9. The molecule has 0 aliphatic rings. The molecule has 2 rings (SSSR count). The molecule has 2 aromatic rings. The van der Waals surface area contributed by atoms with Gasteiger partial charge in [-0.1, -0.05) is 37.3 Å². The number of anilines is 3. The Morgan fingerprint density at radius 1 is 1.13 bits per heavy atom. The highest BCUT2D eigenvalue weighted by Gasteiger charge is 2.27. The van der Waals surface area contributed by atoms with Crippen LogP contribution in [0, 0.1) is 10.1 Å². The van der Waals surface area contributed by atoms with Crippen LogP contribution in [0.4, 0.5) is 17.6 Å². The molecule has 6 N–H and O–H groups in total. The summed E-state index contributed by atoms with van der Waals surface area (Å²) in [6.07, 6.45) is 0.507. The van der Waals surface area contributed by atoms with Crippen molar-refractivity contribution < 1.29 is 4.92 Å². The molecule has 0 bridgehead atoms. The second kappa shape index (κ2) is 6.91. The lowest BCUT2D eigenvalue weighted by Gasteiger charge is -2.20. The van der Waals surface area contributed by atoms with Crippen LogP contribution < -0.4 is 17.2 Å². The molecular formula is C15H20N6O2. The minimum Gasteiger partial charge on any atom is -0.383 e. The van der Waals surface area contributed by atoms with Crippen LogP contribution in [-0.4, -0.2) is 21.4 Å². The third kappa shape index (κ3) is 4.06. The zero-order valence-corrected chi connectivity index (χ0v) is 12.8. The Kier molecular flexibility index (Phi) is 4.95. The zero-order chi connectivity index (χ0) is 17.0. The van der Waals surface area contributed by atoms with Crippen LogP contribution in [0.5, 0.6) is 0 Å². The van der Waals surface area contributed by atoms with Crippen molar-refractivity contribution in [2.75, 3.05) is 23.7 Å². The molecule has 122 valence electrons. The normalized spacial score (nSPS) is 13.4. The number of nitrogens with zero attached hydrogens (tertiary/aromatic N) is 3. The van der Waals surface area contributed by atoms with Crippen LogP contribution >= 0.6 is 0 Å². The average Bonchev–Trinajstić information content (AvgIpc) is 2.46. The minimum absolute atomic E-state index is 0.0419. The molecule has 0 aliphatic heterocycles. The number of benzene rings is 1. The van der Waals surface area contributed by atoms with Crippen molar-refractivity contribution >= 4 is 17.6 Å². The minimum atomic E-state index is -0.485. The van der Waals surface area contributed by atoms with Gasteiger partial charge in [-0.3, -0.25) is 10.1 Å². The topological polar surface area (TPSA) is 147 Å². The van der Waals surface area contributed by atoms with Gasteiger partial charge in [0.15, 0.2) is 0 Å². The Bertz CT molecular complexity index is 669. The van der Waals surface area contributed by atoms with E-state index in [1.165, 1.54) is 0 Å². The van der Waals surface area contributed by atoms with Crippen LogP contribution in [0.25, 0.3) is 0 Å². The van der Waals surface area contributed by atoms with E-state index in [4.69, 9.17) is 17.2 Å². The van der Waals surface area contributed by atoms with Gasteiger partial charge >= 0.3 is 0 Å². The van der Waals surface area contributed by atoms with E-state index in [0.29, 0.717) is 12.0 Å². The van der Waals surface area contributed by atoms with Gasteiger partial charge in [-0.25, -0.2) is 0 Å². The highest BCUT2D eigenvalue weighted by atomic mass is 16.6. The summed E-state index contributed by atoms with van der Waals surface area (Å²) in [5.41, 5.74) is 18.8. The molecule has 0 radical (unpaired) electrons. The fourth-order valence-electron chi connectivity index (χ4n) is 2.75. The second-order valence-corrected chi connectivity index (χ2v) is 5.53. The van der Waals surface area contributed by atoms with Crippen LogP contribution in [0.15, 0.2) is 30.3 Å². The molecule has 2 atom stereocenters. The molecule has 0 spiro atoms. The van der Waals surface area contributed by atoms with Gasteiger partial charge in [0.05, 0.1) is 5.92 Å². The maximum atomic E-state index is 11.0. The SMILES string of the molecule is CC(CC(C[N+](=O)[O-])c1c(N)nc(N)nc1N)c1ccccc1. The largest absolute Gasteiger partial charge is 0.383 e. The number of nitro groups is 1. The molecule has 0 fully saturated rings. The molecule has 1 aromatic heterocycles. The lowest BCUT2D eigenvalue weighted by atomic mass is 9.86. The quantitative estimate of drug-likeness (QED) is 0.543. The third-order valence-corrected chi connectivity index (χ3v) is 3.81. The Balaban J connectivity index is 2.33. The summed E-state index contributed by atoms with van der Waals surface area (Å²) >= 11 is 0. The first-order valence-corrected chi connectivity index (χ1v) is 7.23. The highest BCUT2D eigenvalue weighted by Crippen LogP contribution is 2.34. The Morgan fingerprint density at radius 3 is 2.22 bits per heavy atom. The molecule has 8 heteroatoms. The average molecular weight is 316 g/mol. The first-order valence-electron chi connectivity index (χ1n) is 7.23. The molecule has 23 heavy (non-hydrogen) atoms. The van der Waals surface area contributed by atoms with E-state index in [9.17, 15) is 10.1 Å². The van der Waals surface area contributed by atoms with Gasteiger partial charge in [0.25, 0.3) is 0 Å². The molecule has 1 heterocycles. The van der Waals surface area contributed by atoms with Gasteiger partial charge in [-0.05, 0) is 17.9 Å². The van der Waals surface area contributed by atoms with E-state index < -0.39 is 5.92 Å². The van der Waals surface area contributed by atoms with Crippen molar-refractivity contribution in [3.8, 4) is 0 Å². The van der Waals surface area contributed by atoms with Gasteiger partial charge in [-0.15, -0.1) is 0 Å². The van der Waals surface area contributed by atoms with Crippen molar-refractivity contribution in [1.82, 2.24) is 9.97 Å². The summed E-state index contributed by atoms with van der Waals surface area (Å²) in [6.45, 7) is 1.71. The number of rotatable bonds is 6. The smallest absolute Gasteiger partial charge is 0.223 e. The van der Waals surface area contributed by atoms with E-state index in [1.54, 1.807) is 0 Å². The standard InChI is InChI=1S/C15H20N6O2/c1-9(10-5-3-2-4-6-10)7-11(8-21(22)23)12-13(16)19-15(18)20-14(12)17/h2-6,9,11H,7-8H2,1H3,(H6,16,17,18,19,20). The molecule has 8 nitrogen and oxygen atoms in total. The van der Waals surface area contributed by atoms with Crippen molar-refractivity contribution in [2.45, 2.75) is 25.2 Å². The number of hydrogen-bond donors (Lipinski definition) is 3. The van der Waals surface area contributed by atoms with Gasteiger partial charge in [-0.2, -0.15) is 9.97 Å². The lowest BCUT2D eigenvalue weighted by Crippen LogP contribution is -2.20. The molecule has 0 amide bonds. The van der Waals surface area contributed by atoms with Gasteiger partial charge in [0.2, 0.25) is 12.5 Å². The van der Waals surface area contributed by atoms with Gasteiger partial charge < -0.3 is 17.2 Å². The van der Waals surface area contributed by atoms with E-state index in [-0.39, 0.29) is 35.0 Å². The molecular weight excluding hydrogens is 296 g/mol. The predicted molar refractivity (Wildman–Crippen MR) is 89.3 cm³/mol. The Morgan fingerprint density at radius 2 is 1.70 bits per heavy atom. The summed E-state index contributed by atoms with van der Waals surface area (Å²) in [5, 5.41) is 11.0. The fraction of sp³-hybridized carbons (Fsp3) is 0.333. The van der Waals surface area contributed by atoms with Crippen molar-refractivity contribution in [2.24, 2.45) is 0 Å². The van der Waals surface area contributed by atoms with Gasteiger partial charge in [0.1, 0.15) is 11.6 Å². The summed E-state index contributed by atoms with van der Waals surface area (Å²) in [6, 6.07) is 9.77. The molecule has 1 aromatic carbocycles. The number of nitrogen functional groups attached to an aromatic ring is 3. The molecule has 0 aliphatic carbocycles. The number of nitrogens with two attached hydrogens (primary N) is 3. The highest BCUT2D eigenvalue weighted by molar-refractivity contribution is 5.57. The van der Waals surface area contributed by atoms with E-state index in [2.05, 4.69) is 9.97 Å². The number of aromatic nitrogens is 2. The lowest BCUT2D eigenvalue weighted by molar-refractivity contribution is -0.483. The maximum Gasteiger partial charge on any atom is 0.223 e. The summed E-state index contributed by atoms with van der Waals surface area (Å²) in [5.74, 6) is -0.234. The predicted octanol–water partition coefficient (Wildman–Crippen LogP) is 1.78. The maximum absolute atomic E-state index is 11.0. The van der Waals surface area contributed by atoms with Crippen LogP contribution in [0.1, 0.15) is 36.3 Å². The van der Waals surface area contributed by atoms with E-state index in [0.717, 1.165) is 5.56 Å². The second-order valence-electron chi connectivity index (χ2n) is 5.53. The number of hydrogen-bond acceptors (Lipinski definition) is 7. The summed E-state index contributed by atoms with van der Waals surface area (Å²) in [4.78, 5) is 18.4. The molecule has 0 saturated carbocycles. The van der Waals surface area contributed by atoms with Crippen molar-refractivity contribution in [3.05, 3.63) is 51.6 Å². The monoisotopic (exact) mass is 316 g/mol. The van der Waals surface area contributed by atoms with Crippen molar-refractivity contribution in [3.63, 3.8) is 0 Å². The van der Waals surface area contributed by atoms with E-state index in [1.807, 2.05) is 37.3 Å². The fourth-order valence-corrected chi connectivity index (χ4v) is 2.75. The molecule has 2 unspecified atom stereocenters.